The molecule has 3 heterocycles. The van der Waals surface area contributed by atoms with E-state index >= 15 is 0 Å². The fourth-order valence-corrected chi connectivity index (χ4v) is 2.57. The second kappa shape index (κ2) is 5.91. The summed E-state index contributed by atoms with van der Waals surface area (Å²) in [6.07, 6.45) is 3.81. The van der Waals surface area contributed by atoms with Crippen LogP contribution < -0.4 is 10.6 Å². The molecule has 0 aliphatic heterocycles. The second-order valence-corrected chi connectivity index (χ2v) is 5.92. The number of nitrogens with one attached hydrogen (secondary N) is 3. The fraction of sp³-hybridized carbons (Fsp3) is 0.400. The molecule has 1 fully saturated rings. The Balaban J connectivity index is 1.31. The number of hydrogen-bond acceptors (Lipinski definition) is 6. The number of H-pyrrole nitrogens is 1. The summed E-state index contributed by atoms with van der Waals surface area (Å²) in [5.74, 6) is 1.73. The SMILES string of the molecule is Cc1cc(NCCNC(=O)c2cc(C3CC3)[nH]n2)n2ncnc2n1. The summed E-state index contributed by atoms with van der Waals surface area (Å²) >= 11 is 0. The number of aromatic amines is 1. The Labute approximate surface area is 137 Å². The van der Waals surface area contributed by atoms with Crippen LogP contribution in [0.4, 0.5) is 5.82 Å². The fourth-order valence-electron chi connectivity index (χ4n) is 2.57. The minimum Gasteiger partial charge on any atom is -0.368 e. The normalized spacial score (nSPS) is 14.0. The Kier molecular flexibility index (Phi) is 3.60. The molecular formula is C15H18N8O. The minimum atomic E-state index is -0.170. The second-order valence-electron chi connectivity index (χ2n) is 5.92. The average molecular weight is 326 g/mol. The van der Waals surface area contributed by atoms with E-state index in [2.05, 4.69) is 35.9 Å². The van der Waals surface area contributed by atoms with Gasteiger partial charge in [-0.1, -0.05) is 0 Å². The number of hydrogen-bond donors (Lipinski definition) is 3. The first-order chi connectivity index (χ1) is 11.7. The average Bonchev–Trinajstić information content (AvgIpc) is 3.10. The molecule has 3 N–H and O–H groups in total. The van der Waals surface area contributed by atoms with Gasteiger partial charge in [0.1, 0.15) is 17.8 Å². The molecule has 3 aromatic rings. The summed E-state index contributed by atoms with van der Waals surface area (Å²) in [5.41, 5.74) is 2.35. The van der Waals surface area contributed by atoms with Crippen LogP contribution in [0.2, 0.25) is 0 Å². The first-order valence-corrected chi connectivity index (χ1v) is 7.95. The highest BCUT2D eigenvalue weighted by atomic mass is 16.1. The molecule has 0 radical (unpaired) electrons. The number of rotatable bonds is 6. The molecule has 0 spiro atoms. The topological polar surface area (TPSA) is 113 Å². The molecular weight excluding hydrogens is 308 g/mol. The van der Waals surface area contributed by atoms with Crippen LogP contribution in [0.5, 0.6) is 0 Å². The van der Waals surface area contributed by atoms with Crippen LogP contribution in [0.15, 0.2) is 18.5 Å². The number of anilines is 1. The molecule has 0 aromatic carbocycles. The van der Waals surface area contributed by atoms with E-state index in [0.29, 0.717) is 30.5 Å². The van der Waals surface area contributed by atoms with Gasteiger partial charge in [-0.15, -0.1) is 0 Å². The van der Waals surface area contributed by atoms with Crippen LogP contribution in [-0.4, -0.2) is 48.8 Å². The van der Waals surface area contributed by atoms with E-state index < -0.39 is 0 Å². The molecule has 1 saturated carbocycles. The lowest BCUT2D eigenvalue weighted by molar-refractivity contribution is 0.0950. The molecule has 9 nitrogen and oxygen atoms in total. The zero-order valence-corrected chi connectivity index (χ0v) is 13.3. The number of aromatic nitrogens is 6. The van der Waals surface area contributed by atoms with Gasteiger partial charge in [0, 0.05) is 36.5 Å². The van der Waals surface area contributed by atoms with Crippen molar-refractivity contribution in [3.8, 4) is 0 Å². The van der Waals surface area contributed by atoms with Gasteiger partial charge < -0.3 is 10.6 Å². The minimum absolute atomic E-state index is 0.170. The predicted octanol–water partition coefficient (Wildman–Crippen LogP) is 0.875. The number of carbonyl (C=O) groups is 1. The van der Waals surface area contributed by atoms with E-state index in [1.165, 1.54) is 19.2 Å². The van der Waals surface area contributed by atoms with E-state index in [4.69, 9.17) is 0 Å². The van der Waals surface area contributed by atoms with Gasteiger partial charge in [-0.3, -0.25) is 9.89 Å². The Morgan fingerprint density at radius 2 is 2.25 bits per heavy atom. The molecule has 1 aliphatic carbocycles. The standard InChI is InChI=1S/C15H18N8O/c1-9-6-13(23-15(20-9)18-8-19-23)16-4-5-17-14(24)12-7-11(21-22-12)10-2-3-10/h6-8,10,16H,2-5H2,1H3,(H,17,24)(H,21,22). The van der Waals surface area contributed by atoms with E-state index in [1.54, 1.807) is 4.52 Å². The maximum atomic E-state index is 12.1. The van der Waals surface area contributed by atoms with Gasteiger partial charge in [0.15, 0.2) is 0 Å². The highest BCUT2D eigenvalue weighted by Gasteiger charge is 2.26. The molecule has 24 heavy (non-hydrogen) atoms. The molecule has 1 aliphatic rings. The van der Waals surface area contributed by atoms with Gasteiger partial charge in [0.2, 0.25) is 0 Å². The Morgan fingerprint density at radius 1 is 1.38 bits per heavy atom. The summed E-state index contributed by atoms with van der Waals surface area (Å²) in [6.45, 7) is 2.93. The van der Waals surface area contributed by atoms with Crippen molar-refractivity contribution in [2.24, 2.45) is 0 Å². The Bertz CT molecular complexity index is 879. The van der Waals surface area contributed by atoms with E-state index in [-0.39, 0.29) is 5.91 Å². The maximum Gasteiger partial charge on any atom is 0.271 e. The summed E-state index contributed by atoms with van der Waals surface area (Å²) in [6, 6.07) is 3.73. The molecule has 0 unspecified atom stereocenters. The van der Waals surface area contributed by atoms with Gasteiger partial charge in [0.05, 0.1) is 0 Å². The molecule has 0 saturated heterocycles. The third-order valence-electron chi connectivity index (χ3n) is 3.94. The van der Waals surface area contributed by atoms with Crippen LogP contribution >= 0.6 is 0 Å². The summed E-state index contributed by atoms with van der Waals surface area (Å²) in [4.78, 5) is 20.4. The van der Waals surface area contributed by atoms with Crippen LogP contribution in [0.25, 0.3) is 5.78 Å². The first kappa shape index (κ1) is 14.6. The molecule has 124 valence electrons. The van der Waals surface area contributed by atoms with Gasteiger partial charge >= 0.3 is 0 Å². The van der Waals surface area contributed by atoms with E-state index in [0.717, 1.165) is 17.2 Å². The maximum absolute atomic E-state index is 12.1. The highest BCUT2D eigenvalue weighted by Crippen LogP contribution is 2.38. The zero-order valence-electron chi connectivity index (χ0n) is 13.3. The van der Waals surface area contributed by atoms with Gasteiger partial charge in [0.25, 0.3) is 11.7 Å². The summed E-state index contributed by atoms with van der Waals surface area (Å²) < 4.78 is 1.63. The van der Waals surface area contributed by atoms with E-state index in [9.17, 15) is 4.79 Å². The third kappa shape index (κ3) is 2.92. The van der Waals surface area contributed by atoms with Crippen molar-refractivity contribution >= 4 is 17.5 Å². The van der Waals surface area contributed by atoms with Gasteiger partial charge in [-0.2, -0.15) is 19.7 Å². The van der Waals surface area contributed by atoms with Crippen LogP contribution in [0, 0.1) is 6.92 Å². The summed E-state index contributed by atoms with van der Waals surface area (Å²) in [5, 5.41) is 17.2. The molecule has 4 rings (SSSR count). The van der Waals surface area contributed by atoms with Crippen molar-refractivity contribution < 1.29 is 4.79 Å². The van der Waals surface area contributed by atoms with Gasteiger partial charge in [-0.05, 0) is 25.8 Å². The Morgan fingerprint density at radius 3 is 3.08 bits per heavy atom. The monoisotopic (exact) mass is 326 g/mol. The lowest BCUT2D eigenvalue weighted by Crippen LogP contribution is -2.29. The zero-order chi connectivity index (χ0) is 16.5. The van der Waals surface area contributed by atoms with Crippen LogP contribution in [-0.2, 0) is 0 Å². The van der Waals surface area contributed by atoms with Crippen LogP contribution in [0.3, 0.4) is 0 Å². The predicted molar refractivity (Wildman–Crippen MR) is 86.9 cm³/mol. The third-order valence-corrected chi connectivity index (χ3v) is 3.94. The van der Waals surface area contributed by atoms with Gasteiger partial charge in [-0.25, -0.2) is 4.98 Å². The quantitative estimate of drug-likeness (QED) is 0.580. The highest BCUT2D eigenvalue weighted by molar-refractivity contribution is 5.92. The van der Waals surface area contributed by atoms with Crippen molar-refractivity contribution in [2.75, 3.05) is 18.4 Å². The number of fused-ring (bicyclic) bond motifs is 1. The smallest absolute Gasteiger partial charge is 0.271 e. The lowest BCUT2D eigenvalue weighted by atomic mass is 10.2. The first-order valence-electron chi connectivity index (χ1n) is 7.95. The van der Waals surface area contributed by atoms with Crippen molar-refractivity contribution in [3.05, 3.63) is 35.5 Å². The van der Waals surface area contributed by atoms with Crippen molar-refractivity contribution in [1.82, 2.24) is 35.1 Å². The van der Waals surface area contributed by atoms with Crippen molar-refractivity contribution in [1.29, 1.82) is 0 Å². The lowest BCUT2D eigenvalue weighted by Gasteiger charge is -2.09. The molecule has 9 heteroatoms. The molecule has 1 amide bonds. The number of aryl methyl sites for hydroxylation is 1. The number of nitrogens with zero attached hydrogens (tertiary/aromatic N) is 5. The van der Waals surface area contributed by atoms with E-state index in [1.807, 2.05) is 19.1 Å². The largest absolute Gasteiger partial charge is 0.368 e. The van der Waals surface area contributed by atoms with Crippen molar-refractivity contribution in [2.45, 2.75) is 25.7 Å². The molecule has 0 bridgehead atoms. The Hall–Kier alpha value is -2.97. The molecule has 0 atom stereocenters. The van der Waals surface area contributed by atoms with Crippen LogP contribution in [0.1, 0.15) is 40.6 Å². The summed E-state index contributed by atoms with van der Waals surface area (Å²) in [7, 11) is 0. The number of amides is 1. The molecule has 3 aromatic heterocycles. The number of carbonyl (C=O) groups excluding carboxylic acids is 1. The van der Waals surface area contributed by atoms with Crippen molar-refractivity contribution in [3.63, 3.8) is 0 Å².